The summed E-state index contributed by atoms with van der Waals surface area (Å²) >= 11 is 0. The van der Waals surface area contributed by atoms with Crippen molar-refractivity contribution in [3.63, 3.8) is 0 Å². The summed E-state index contributed by atoms with van der Waals surface area (Å²) in [4.78, 5) is 23.1. The van der Waals surface area contributed by atoms with E-state index >= 15 is 0 Å². The molecule has 0 N–H and O–H groups in total. The third-order valence-corrected chi connectivity index (χ3v) is 5.77. The Morgan fingerprint density at radius 2 is 1.50 bits per heavy atom. The van der Waals surface area contributed by atoms with E-state index < -0.39 is 0 Å². The first-order valence-electron chi connectivity index (χ1n) is 11.0. The molecule has 0 unspecified atom stereocenters. The number of fused-ring (bicyclic) bond motifs is 1. The van der Waals surface area contributed by atoms with Gasteiger partial charge in [-0.3, -0.25) is 19.1 Å². The lowest BCUT2D eigenvalue weighted by Gasteiger charge is -2.10. The number of benzene rings is 1. The van der Waals surface area contributed by atoms with Gasteiger partial charge in [-0.25, -0.2) is 15.0 Å². The molecule has 1 aromatic carbocycles. The molecule has 6 aromatic rings. The summed E-state index contributed by atoms with van der Waals surface area (Å²) < 4.78 is 4.12. The first-order chi connectivity index (χ1) is 16.7. The largest absolute Gasteiger partial charge is 0.298 e. The van der Waals surface area contributed by atoms with Crippen molar-refractivity contribution in [1.29, 1.82) is 0 Å². The molecule has 7 nitrogen and oxygen atoms in total. The lowest BCUT2D eigenvalue weighted by Crippen LogP contribution is -2.00. The molecule has 0 aliphatic rings. The van der Waals surface area contributed by atoms with Gasteiger partial charge in [-0.05, 0) is 74.5 Å². The predicted molar refractivity (Wildman–Crippen MR) is 132 cm³/mol. The average Bonchev–Trinajstić information content (AvgIpc) is 3.46. The zero-order valence-corrected chi connectivity index (χ0v) is 18.8. The zero-order valence-electron chi connectivity index (χ0n) is 18.8. The Balaban J connectivity index is 1.47. The van der Waals surface area contributed by atoms with Gasteiger partial charge in [0.25, 0.3) is 0 Å². The summed E-state index contributed by atoms with van der Waals surface area (Å²) in [6.45, 7) is 3.97. The van der Waals surface area contributed by atoms with Crippen LogP contribution in [0.25, 0.3) is 45.3 Å². The van der Waals surface area contributed by atoms with E-state index in [1.165, 1.54) is 0 Å². The SMILES string of the molecule is Cc1ccc(-n2cc(-c3ccccn3)nc2-c2ccc(-n3c(C)nc4cccnc43)cc2)cn1. The first kappa shape index (κ1) is 20.0. The van der Waals surface area contributed by atoms with Crippen LogP contribution in [0.3, 0.4) is 0 Å². The van der Waals surface area contributed by atoms with E-state index in [1.807, 2.05) is 62.6 Å². The second-order valence-electron chi connectivity index (χ2n) is 8.08. The fourth-order valence-electron chi connectivity index (χ4n) is 4.12. The summed E-state index contributed by atoms with van der Waals surface area (Å²) in [5, 5.41) is 0. The minimum Gasteiger partial charge on any atom is -0.298 e. The quantitative estimate of drug-likeness (QED) is 0.367. The van der Waals surface area contributed by atoms with Crippen molar-refractivity contribution in [3.8, 4) is 34.2 Å². The molecule has 6 rings (SSSR count). The van der Waals surface area contributed by atoms with E-state index in [0.29, 0.717) is 0 Å². The highest BCUT2D eigenvalue weighted by Gasteiger charge is 2.15. The van der Waals surface area contributed by atoms with Crippen molar-refractivity contribution in [3.05, 3.63) is 103 Å². The number of aromatic nitrogens is 7. The molecule has 0 amide bonds. The molecule has 7 heteroatoms. The molecular formula is C27H21N7. The fraction of sp³-hybridized carbons (Fsp3) is 0.0741. The molecule has 0 bridgehead atoms. The third-order valence-electron chi connectivity index (χ3n) is 5.77. The summed E-state index contributed by atoms with van der Waals surface area (Å²) in [6.07, 6.45) is 7.45. The monoisotopic (exact) mass is 443 g/mol. The van der Waals surface area contributed by atoms with Crippen LogP contribution in [0.1, 0.15) is 11.5 Å². The van der Waals surface area contributed by atoms with E-state index in [1.54, 1.807) is 12.4 Å². The number of rotatable bonds is 4. The number of nitrogens with zero attached hydrogens (tertiary/aromatic N) is 7. The number of hydrogen-bond donors (Lipinski definition) is 0. The summed E-state index contributed by atoms with van der Waals surface area (Å²) in [6, 6.07) is 22.1. The van der Waals surface area contributed by atoms with Crippen molar-refractivity contribution < 1.29 is 0 Å². The second-order valence-corrected chi connectivity index (χ2v) is 8.08. The molecule has 0 fully saturated rings. The Hall–Kier alpha value is -4.65. The van der Waals surface area contributed by atoms with Crippen LogP contribution in [0, 0.1) is 13.8 Å². The molecule has 0 saturated carbocycles. The molecule has 0 spiro atoms. The highest BCUT2D eigenvalue weighted by molar-refractivity contribution is 5.74. The van der Waals surface area contributed by atoms with Crippen molar-refractivity contribution >= 4 is 11.2 Å². The molecule has 5 heterocycles. The van der Waals surface area contributed by atoms with Crippen molar-refractivity contribution in [1.82, 2.24) is 34.1 Å². The van der Waals surface area contributed by atoms with Gasteiger partial charge in [-0.15, -0.1) is 0 Å². The van der Waals surface area contributed by atoms with Gasteiger partial charge in [-0.2, -0.15) is 0 Å². The minimum absolute atomic E-state index is 0.806. The van der Waals surface area contributed by atoms with Gasteiger partial charge >= 0.3 is 0 Å². The smallest absolute Gasteiger partial charge is 0.164 e. The van der Waals surface area contributed by atoms with Crippen LogP contribution < -0.4 is 0 Å². The number of hydrogen-bond acceptors (Lipinski definition) is 5. The number of aryl methyl sites for hydroxylation is 2. The van der Waals surface area contributed by atoms with Crippen LogP contribution >= 0.6 is 0 Å². The molecule has 5 aromatic heterocycles. The van der Waals surface area contributed by atoms with E-state index in [4.69, 9.17) is 4.98 Å². The summed E-state index contributed by atoms with van der Waals surface area (Å²) in [5.41, 5.74) is 7.26. The molecule has 0 aliphatic heterocycles. The highest BCUT2D eigenvalue weighted by atomic mass is 15.1. The zero-order chi connectivity index (χ0) is 23.1. The molecule has 0 atom stereocenters. The molecule has 34 heavy (non-hydrogen) atoms. The Morgan fingerprint density at radius 1 is 0.676 bits per heavy atom. The maximum Gasteiger partial charge on any atom is 0.164 e. The minimum atomic E-state index is 0.806. The van der Waals surface area contributed by atoms with Gasteiger partial charge in [0.1, 0.15) is 22.9 Å². The molecule has 164 valence electrons. The summed E-state index contributed by atoms with van der Waals surface area (Å²) in [7, 11) is 0. The van der Waals surface area contributed by atoms with Crippen molar-refractivity contribution in [2.75, 3.05) is 0 Å². The Kier molecular flexibility index (Phi) is 4.73. The fourth-order valence-corrected chi connectivity index (χ4v) is 4.12. The van der Waals surface area contributed by atoms with Gasteiger partial charge in [0.05, 0.1) is 17.6 Å². The molecule has 0 radical (unpaired) electrons. The maximum atomic E-state index is 4.95. The van der Waals surface area contributed by atoms with E-state index in [-0.39, 0.29) is 0 Å². The van der Waals surface area contributed by atoms with Crippen molar-refractivity contribution in [2.45, 2.75) is 13.8 Å². The second kappa shape index (κ2) is 8.04. The maximum absolute atomic E-state index is 4.95. The van der Waals surface area contributed by atoms with Crippen LogP contribution in [-0.4, -0.2) is 34.1 Å². The topological polar surface area (TPSA) is 74.3 Å². The van der Waals surface area contributed by atoms with Gasteiger partial charge in [-0.1, -0.05) is 6.07 Å². The van der Waals surface area contributed by atoms with Gasteiger partial charge < -0.3 is 0 Å². The number of imidazole rings is 2. The van der Waals surface area contributed by atoms with Crippen molar-refractivity contribution in [2.24, 2.45) is 0 Å². The van der Waals surface area contributed by atoms with Crippen LogP contribution in [0.4, 0.5) is 0 Å². The third kappa shape index (κ3) is 3.44. The Bertz CT molecular complexity index is 1600. The van der Waals surface area contributed by atoms with E-state index in [9.17, 15) is 0 Å². The number of pyridine rings is 3. The van der Waals surface area contributed by atoms with Gasteiger partial charge in [0, 0.05) is 35.5 Å². The lowest BCUT2D eigenvalue weighted by molar-refractivity contribution is 0.986. The van der Waals surface area contributed by atoms with Crippen LogP contribution in [0.15, 0.2) is 91.5 Å². The van der Waals surface area contributed by atoms with E-state index in [2.05, 4.69) is 59.4 Å². The summed E-state index contributed by atoms with van der Waals surface area (Å²) in [5.74, 6) is 1.72. The molecule has 0 saturated heterocycles. The van der Waals surface area contributed by atoms with Crippen LogP contribution in [0.5, 0.6) is 0 Å². The normalized spacial score (nSPS) is 11.2. The van der Waals surface area contributed by atoms with Gasteiger partial charge in [0.15, 0.2) is 5.65 Å². The highest BCUT2D eigenvalue weighted by Crippen LogP contribution is 2.28. The predicted octanol–water partition coefficient (Wildman–Crippen LogP) is 5.35. The van der Waals surface area contributed by atoms with Crippen LogP contribution in [0.2, 0.25) is 0 Å². The first-order valence-corrected chi connectivity index (χ1v) is 11.0. The Morgan fingerprint density at radius 3 is 2.26 bits per heavy atom. The standard InChI is InChI=1S/C27H21N7/c1-18-8-11-22(16-30-18)33-17-25(23-6-3-4-14-28-23)32-26(33)20-9-12-21(13-10-20)34-19(2)31-24-7-5-15-29-27(24)34/h3-17H,1-2H3. The van der Waals surface area contributed by atoms with E-state index in [0.717, 1.165) is 56.8 Å². The molecular weight excluding hydrogens is 422 g/mol. The Labute approximate surface area is 196 Å². The van der Waals surface area contributed by atoms with Gasteiger partial charge in [0.2, 0.25) is 0 Å². The lowest BCUT2D eigenvalue weighted by atomic mass is 10.2. The molecule has 0 aliphatic carbocycles. The van der Waals surface area contributed by atoms with Crippen LogP contribution in [-0.2, 0) is 0 Å². The average molecular weight is 444 g/mol.